The Hall–Kier alpha value is -2.98. The third-order valence-electron chi connectivity index (χ3n) is 6.74. The maximum absolute atomic E-state index is 13.2. The van der Waals surface area contributed by atoms with Crippen molar-refractivity contribution >= 4 is 40.8 Å². The lowest BCUT2D eigenvalue weighted by molar-refractivity contribution is -0.137. The Labute approximate surface area is 228 Å². The van der Waals surface area contributed by atoms with Gasteiger partial charge in [-0.2, -0.15) is 13.2 Å². The largest absolute Gasteiger partial charge is 0.416 e. The van der Waals surface area contributed by atoms with Crippen molar-refractivity contribution in [3.8, 4) is 0 Å². The van der Waals surface area contributed by atoms with Crippen molar-refractivity contribution in [2.75, 3.05) is 49.1 Å². The number of hydrogen-bond acceptors (Lipinski definition) is 6. The first-order chi connectivity index (χ1) is 18.3. The van der Waals surface area contributed by atoms with Crippen LogP contribution in [-0.4, -0.2) is 60.0 Å². The molecule has 11 heteroatoms. The van der Waals surface area contributed by atoms with Crippen molar-refractivity contribution in [3.63, 3.8) is 0 Å². The molecule has 2 aliphatic rings. The maximum Gasteiger partial charge on any atom is 0.416 e. The Morgan fingerprint density at radius 1 is 0.895 bits per heavy atom. The molecule has 0 aliphatic carbocycles. The van der Waals surface area contributed by atoms with Gasteiger partial charge in [0, 0.05) is 62.3 Å². The van der Waals surface area contributed by atoms with Gasteiger partial charge in [0.15, 0.2) is 5.16 Å². The molecule has 5 rings (SSSR count). The van der Waals surface area contributed by atoms with Crippen LogP contribution in [0.3, 0.4) is 0 Å². The number of halogens is 4. The molecule has 0 spiro atoms. The molecule has 2 fully saturated rings. The number of rotatable bonds is 6. The van der Waals surface area contributed by atoms with Crippen LogP contribution in [0.5, 0.6) is 0 Å². The van der Waals surface area contributed by atoms with Gasteiger partial charge in [0.1, 0.15) is 11.0 Å². The zero-order chi connectivity index (χ0) is 26.7. The molecule has 2 saturated heterocycles. The molecule has 38 heavy (non-hydrogen) atoms. The lowest BCUT2D eigenvalue weighted by atomic mass is 10.1. The van der Waals surface area contributed by atoms with Gasteiger partial charge in [-0.05, 0) is 48.7 Å². The van der Waals surface area contributed by atoms with E-state index in [1.807, 2.05) is 23.1 Å². The van der Waals surface area contributed by atoms with Gasteiger partial charge >= 0.3 is 6.18 Å². The van der Waals surface area contributed by atoms with Gasteiger partial charge in [0.05, 0.1) is 5.56 Å². The summed E-state index contributed by atoms with van der Waals surface area (Å²) < 4.78 is 39.3. The molecule has 6 nitrogen and oxygen atoms in total. The second-order valence-corrected chi connectivity index (χ2v) is 10.7. The van der Waals surface area contributed by atoms with Crippen molar-refractivity contribution < 1.29 is 18.0 Å². The molecule has 1 aromatic heterocycles. The van der Waals surface area contributed by atoms with Crippen LogP contribution < -0.4 is 9.80 Å². The molecule has 1 amide bonds. The average Bonchev–Trinajstić information content (AvgIpc) is 3.47. The molecule has 3 heterocycles. The van der Waals surface area contributed by atoms with E-state index in [9.17, 15) is 18.0 Å². The minimum absolute atomic E-state index is 0.0872. The molecular weight excluding hydrogens is 535 g/mol. The first-order valence-corrected chi connectivity index (χ1v) is 13.9. The van der Waals surface area contributed by atoms with E-state index >= 15 is 0 Å². The number of anilines is 2. The lowest BCUT2D eigenvalue weighted by Gasteiger charge is -2.36. The Morgan fingerprint density at radius 2 is 1.63 bits per heavy atom. The van der Waals surface area contributed by atoms with Gasteiger partial charge in [0.2, 0.25) is 0 Å². The summed E-state index contributed by atoms with van der Waals surface area (Å²) in [7, 11) is 0. The van der Waals surface area contributed by atoms with Crippen LogP contribution in [-0.2, 0) is 11.9 Å². The second-order valence-electron chi connectivity index (χ2n) is 9.34. The first kappa shape index (κ1) is 26.6. The highest BCUT2D eigenvalue weighted by Crippen LogP contribution is 2.32. The molecule has 0 unspecified atom stereocenters. The smallest absolute Gasteiger partial charge is 0.368 e. The fraction of sp³-hybridized carbons (Fsp3) is 0.370. The highest BCUT2D eigenvalue weighted by atomic mass is 35.5. The van der Waals surface area contributed by atoms with Gasteiger partial charge in [-0.3, -0.25) is 4.79 Å². The molecule has 0 atom stereocenters. The zero-order valence-corrected chi connectivity index (χ0v) is 22.2. The normalized spacial score (nSPS) is 16.3. The molecule has 2 aliphatic heterocycles. The minimum atomic E-state index is -4.38. The SMILES string of the molecule is O=C(c1cccc(CSc2nc(Cl)cc(N3CCCC3)n2)c1)N1CCN(c2cccc(C(F)(F)F)c2)CC1. The second kappa shape index (κ2) is 11.4. The fourth-order valence-electron chi connectivity index (χ4n) is 4.73. The Kier molecular flexibility index (Phi) is 7.99. The predicted octanol–water partition coefficient (Wildman–Crippen LogP) is 6.00. The summed E-state index contributed by atoms with van der Waals surface area (Å²) in [6.45, 7) is 3.74. The van der Waals surface area contributed by atoms with Crippen LogP contribution in [0.1, 0.15) is 34.3 Å². The first-order valence-electron chi connectivity index (χ1n) is 12.5. The standard InChI is InChI=1S/C27H27ClF3N5OS/c28-23-17-24(35-9-1-2-10-35)33-26(32-23)38-18-19-5-3-6-20(15-19)25(37)36-13-11-34(12-14-36)22-8-4-7-21(16-22)27(29,30)31/h3-8,15-17H,1-2,9-14,18H2. The summed E-state index contributed by atoms with van der Waals surface area (Å²) in [6, 6.07) is 14.6. The molecular formula is C27H27ClF3N5OS. The summed E-state index contributed by atoms with van der Waals surface area (Å²) in [4.78, 5) is 28.1. The van der Waals surface area contributed by atoms with Crippen molar-refractivity contribution in [2.45, 2.75) is 29.9 Å². The van der Waals surface area contributed by atoms with E-state index in [0.29, 0.717) is 53.5 Å². The number of thioether (sulfide) groups is 1. The van der Waals surface area contributed by atoms with E-state index in [4.69, 9.17) is 11.6 Å². The number of benzene rings is 2. The van der Waals surface area contributed by atoms with Gasteiger partial charge in [-0.15, -0.1) is 0 Å². The number of amides is 1. The molecule has 0 bridgehead atoms. The Balaban J connectivity index is 1.19. The number of aromatic nitrogens is 2. The van der Waals surface area contributed by atoms with E-state index in [2.05, 4.69) is 14.9 Å². The number of nitrogens with zero attached hydrogens (tertiary/aromatic N) is 5. The maximum atomic E-state index is 13.2. The van der Waals surface area contributed by atoms with Crippen molar-refractivity contribution in [1.29, 1.82) is 0 Å². The topological polar surface area (TPSA) is 52.6 Å². The van der Waals surface area contributed by atoms with Crippen LogP contribution in [0.25, 0.3) is 0 Å². The minimum Gasteiger partial charge on any atom is -0.368 e. The van der Waals surface area contributed by atoms with E-state index in [-0.39, 0.29) is 5.91 Å². The van der Waals surface area contributed by atoms with Gasteiger partial charge < -0.3 is 14.7 Å². The molecule has 0 radical (unpaired) electrons. The number of piperazine rings is 1. The van der Waals surface area contributed by atoms with E-state index in [0.717, 1.165) is 49.4 Å². The van der Waals surface area contributed by atoms with Crippen LogP contribution in [0.15, 0.2) is 59.8 Å². The van der Waals surface area contributed by atoms with Crippen molar-refractivity contribution in [1.82, 2.24) is 14.9 Å². The summed E-state index contributed by atoms with van der Waals surface area (Å²) in [6.07, 6.45) is -2.09. The lowest BCUT2D eigenvalue weighted by Crippen LogP contribution is -2.48. The van der Waals surface area contributed by atoms with E-state index in [1.165, 1.54) is 17.8 Å². The number of carbonyl (C=O) groups is 1. The van der Waals surface area contributed by atoms with Gasteiger partial charge in [-0.25, -0.2) is 9.97 Å². The Morgan fingerprint density at radius 3 is 2.37 bits per heavy atom. The quantitative estimate of drug-likeness (QED) is 0.209. The number of carbonyl (C=O) groups excluding carboxylic acids is 1. The summed E-state index contributed by atoms with van der Waals surface area (Å²) >= 11 is 7.72. The molecule has 0 saturated carbocycles. The third kappa shape index (κ3) is 6.35. The summed E-state index contributed by atoms with van der Waals surface area (Å²) in [5.41, 5.74) is 1.40. The van der Waals surface area contributed by atoms with Crippen LogP contribution in [0, 0.1) is 0 Å². The summed E-state index contributed by atoms with van der Waals surface area (Å²) in [5.74, 6) is 1.35. The number of hydrogen-bond donors (Lipinski definition) is 0. The molecule has 2 aromatic carbocycles. The van der Waals surface area contributed by atoms with Crippen LogP contribution in [0.4, 0.5) is 24.7 Å². The molecule has 3 aromatic rings. The van der Waals surface area contributed by atoms with Crippen molar-refractivity contribution in [3.05, 3.63) is 76.4 Å². The highest BCUT2D eigenvalue weighted by Gasteiger charge is 2.31. The zero-order valence-electron chi connectivity index (χ0n) is 20.6. The highest BCUT2D eigenvalue weighted by molar-refractivity contribution is 7.98. The fourth-order valence-corrected chi connectivity index (χ4v) is 5.75. The van der Waals surface area contributed by atoms with Crippen molar-refractivity contribution in [2.24, 2.45) is 0 Å². The monoisotopic (exact) mass is 561 g/mol. The molecule has 0 N–H and O–H groups in total. The number of alkyl halides is 3. The van der Waals surface area contributed by atoms with Crippen LogP contribution in [0.2, 0.25) is 5.15 Å². The summed E-state index contributed by atoms with van der Waals surface area (Å²) in [5, 5.41) is 1.01. The Bertz CT molecular complexity index is 1290. The van der Waals surface area contributed by atoms with Gasteiger partial charge in [0.25, 0.3) is 5.91 Å². The van der Waals surface area contributed by atoms with E-state index < -0.39 is 11.7 Å². The van der Waals surface area contributed by atoms with Crippen LogP contribution >= 0.6 is 23.4 Å². The third-order valence-corrected chi connectivity index (χ3v) is 7.85. The van der Waals surface area contributed by atoms with E-state index in [1.54, 1.807) is 23.1 Å². The average molecular weight is 562 g/mol. The van der Waals surface area contributed by atoms with Gasteiger partial charge in [-0.1, -0.05) is 41.6 Å². The predicted molar refractivity (Wildman–Crippen MR) is 144 cm³/mol. The molecule has 200 valence electrons.